The molecule has 2 aromatic rings. The van der Waals surface area contributed by atoms with Crippen molar-refractivity contribution in [1.82, 2.24) is 0 Å². The highest BCUT2D eigenvalue weighted by molar-refractivity contribution is 6.25. The topological polar surface area (TPSA) is 53.9 Å². The molecular formula is C19H22ClN3O2. The Kier molecular flexibility index (Phi) is 6.04. The minimum absolute atomic E-state index is 0. The van der Waals surface area contributed by atoms with Gasteiger partial charge in [0.15, 0.2) is 0 Å². The molecule has 2 aromatic carbocycles. The number of nitrogens with zero attached hydrogens (tertiary/aromatic N) is 2. The van der Waals surface area contributed by atoms with E-state index >= 15 is 0 Å². The molecule has 25 heavy (non-hydrogen) atoms. The van der Waals surface area contributed by atoms with Gasteiger partial charge in [-0.1, -0.05) is 12.1 Å². The fourth-order valence-corrected chi connectivity index (χ4v) is 2.64. The third-order valence-corrected chi connectivity index (χ3v) is 3.85. The molecule has 0 bridgehead atoms. The zero-order valence-electron chi connectivity index (χ0n) is 14.6. The summed E-state index contributed by atoms with van der Waals surface area (Å²) in [6, 6.07) is 13.7. The van der Waals surface area contributed by atoms with Gasteiger partial charge in [-0.25, -0.2) is 9.89 Å². The molecule has 1 aliphatic rings. The number of benzene rings is 2. The Morgan fingerprint density at radius 1 is 1.16 bits per heavy atom. The molecule has 132 valence electrons. The summed E-state index contributed by atoms with van der Waals surface area (Å²) < 4.78 is 5.44. The van der Waals surface area contributed by atoms with E-state index in [1.165, 1.54) is 0 Å². The molecule has 3 rings (SSSR count). The van der Waals surface area contributed by atoms with Crippen LogP contribution in [-0.2, 0) is 4.79 Å². The van der Waals surface area contributed by atoms with E-state index < -0.39 is 0 Å². The first-order valence-electron chi connectivity index (χ1n) is 8.03. The van der Waals surface area contributed by atoms with Gasteiger partial charge in [-0.15, -0.1) is 12.4 Å². The van der Waals surface area contributed by atoms with Crippen LogP contribution in [0, 0.1) is 13.8 Å². The summed E-state index contributed by atoms with van der Waals surface area (Å²) in [5.74, 6) is 1.34. The second kappa shape index (κ2) is 8.03. The average molecular weight is 360 g/mol. The number of ether oxygens (including phenoxy) is 1. The number of hydrogen-bond acceptors (Lipinski definition) is 4. The highest BCUT2D eigenvalue weighted by Crippen LogP contribution is 2.25. The van der Waals surface area contributed by atoms with Crippen molar-refractivity contribution in [3.63, 3.8) is 0 Å². The van der Waals surface area contributed by atoms with E-state index in [4.69, 9.17) is 4.74 Å². The number of anilines is 2. The van der Waals surface area contributed by atoms with Crippen LogP contribution in [0.5, 0.6) is 5.75 Å². The summed E-state index contributed by atoms with van der Waals surface area (Å²) in [5.41, 5.74) is 3.88. The lowest BCUT2D eigenvalue weighted by Gasteiger charge is -2.22. The maximum atomic E-state index is 12.3. The Balaban J connectivity index is 0.00000225. The van der Waals surface area contributed by atoms with Crippen LogP contribution in [0.4, 0.5) is 11.4 Å². The predicted molar refractivity (Wildman–Crippen MR) is 104 cm³/mol. The van der Waals surface area contributed by atoms with E-state index in [0.717, 1.165) is 28.3 Å². The monoisotopic (exact) mass is 359 g/mol. The van der Waals surface area contributed by atoms with Gasteiger partial charge in [0.1, 0.15) is 12.3 Å². The molecule has 0 fully saturated rings. The van der Waals surface area contributed by atoms with Gasteiger partial charge < -0.3 is 10.1 Å². The molecule has 0 unspecified atom stereocenters. The Hall–Kier alpha value is -2.53. The molecule has 0 aliphatic carbocycles. The molecule has 1 amide bonds. The van der Waals surface area contributed by atoms with Gasteiger partial charge in [0, 0.05) is 5.69 Å². The number of nitrogens with one attached hydrogen (secondary N) is 1. The molecule has 0 atom stereocenters. The first-order chi connectivity index (χ1) is 11.6. The largest absolute Gasteiger partial charge is 0.494 e. The Morgan fingerprint density at radius 2 is 1.88 bits per heavy atom. The molecular weight excluding hydrogens is 338 g/mol. The van der Waals surface area contributed by atoms with E-state index in [2.05, 4.69) is 10.3 Å². The average Bonchev–Trinajstić information content (AvgIpc) is 2.92. The van der Waals surface area contributed by atoms with E-state index in [9.17, 15) is 4.79 Å². The fourth-order valence-electron chi connectivity index (χ4n) is 2.64. The number of aryl methyl sites for hydroxylation is 2. The quantitative estimate of drug-likeness (QED) is 0.899. The van der Waals surface area contributed by atoms with Crippen LogP contribution in [-0.4, -0.2) is 25.0 Å². The van der Waals surface area contributed by atoms with Gasteiger partial charge in [0.05, 0.1) is 12.3 Å². The van der Waals surface area contributed by atoms with Gasteiger partial charge in [0.2, 0.25) is 5.96 Å². The Bertz CT molecular complexity index is 788. The summed E-state index contributed by atoms with van der Waals surface area (Å²) in [6.07, 6.45) is 0. The molecule has 0 radical (unpaired) electrons. The summed E-state index contributed by atoms with van der Waals surface area (Å²) in [4.78, 5) is 18.3. The fraction of sp³-hybridized carbons (Fsp3) is 0.263. The van der Waals surface area contributed by atoms with Gasteiger partial charge in [-0.05, 0) is 62.2 Å². The highest BCUT2D eigenvalue weighted by atomic mass is 35.5. The maximum Gasteiger partial charge on any atom is 0.255 e. The first kappa shape index (κ1) is 18.8. The summed E-state index contributed by atoms with van der Waals surface area (Å²) >= 11 is 0. The van der Waals surface area contributed by atoms with Crippen molar-refractivity contribution in [1.29, 1.82) is 0 Å². The number of aliphatic imine (C=N–C) groups is 1. The zero-order valence-corrected chi connectivity index (χ0v) is 15.4. The Labute approximate surface area is 154 Å². The van der Waals surface area contributed by atoms with Crippen LogP contribution in [0.15, 0.2) is 47.5 Å². The number of carbonyl (C=O) groups excluding carboxylic acids is 1. The second-order valence-electron chi connectivity index (χ2n) is 5.74. The first-order valence-corrected chi connectivity index (χ1v) is 8.03. The molecule has 6 heteroatoms. The van der Waals surface area contributed by atoms with Gasteiger partial charge >= 0.3 is 0 Å². The van der Waals surface area contributed by atoms with Crippen LogP contribution >= 0.6 is 12.4 Å². The lowest BCUT2D eigenvalue weighted by atomic mass is 10.1. The van der Waals surface area contributed by atoms with Crippen LogP contribution in [0.1, 0.15) is 18.1 Å². The summed E-state index contributed by atoms with van der Waals surface area (Å²) in [7, 11) is 0. The number of halogens is 1. The molecule has 0 saturated heterocycles. The lowest BCUT2D eigenvalue weighted by Crippen LogP contribution is -2.37. The third-order valence-electron chi connectivity index (χ3n) is 3.85. The van der Waals surface area contributed by atoms with E-state index in [-0.39, 0.29) is 24.9 Å². The molecule has 1 heterocycles. The molecule has 0 spiro atoms. The van der Waals surface area contributed by atoms with Crippen molar-refractivity contribution in [2.45, 2.75) is 20.8 Å². The highest BCUT2D eigenvalue weighted by Gasteiger charge is 2.28. The molecule has 5 nitrogen and oxygen atoms in total. The minimum Gasteiger partial charge on any atom is -0.494 e. The summed E-state index contributed by atoms with van der Waals surface area (Å²) in [5, 5.41) is 3.24. The van der Waals surface area contributed by atoms with Crippen molar-refractivity contribution < 1.29 is 9.53 Å². The van der Waals surface area contributed by atoms with Gasteiger partial charge in [-0.3, -0.25) is 4.79 Å². The van der Waals surface area contributed by atoms with Crippen molar-refractivity contribution in [3.05, 3.63) is 53.6 Å². The number of rotatable bonds is 4. The number of amides is 1. The smallest absolute Gasteiger partial charge is 0.255 e. The molecule has 1 N–H and O–H groups in total. The third kappa shape index (κ3) is 4.12. The molecule has 1 aliphatic heterocycles. The summed E-state index contributed by atoms with van der Waals surface area (Å²) in [6.45, 7) is 6.75. The van der Waals surface area contributed by atoms with Gasteiger partial charge in [-0.2, -0.15) is 0 Å². The lowest BCUT2D eigenvalue weighted by molar-refractivity contribution is -0.115. The number of carbonyl (C=O) groups is 1. The molecule has 0 aromatic heterocycles. The standard InChI is InChI=1S/C19H21N3O2.ClH/c1-4-24-16-9-7-15(8-10-16)21-19-20-12-18(23)22(19)17-11-13(2)5-6-14(17)3;/h5-11H,4,12H2,1-3H3,(H,20,21);1H. The normalized spacial score (nSPS) is 13.3. The van der Waals surface area contributed by atoms with Crippen LogP contribution < -0.4 is 15.0 Å². The van der Waals surface area contributed by atoms with Crippen molar-refractivity contribution in [3.8, 4) is 5.75 Å². The van der Waals surface area contributed by atoms with E-state index in [0.29, 0.717) is 12.6 Å². The maximum absolute atomic E-state index is 12.3. The van der Waals surface area contributed by atoms with Crippen LogP contribution in [0.3, 0.4) is 0 Å². The Morgan fingerprint density at radius 3 is 2.56 bits per heavy atom. The van der Waals surface area contributed by atoms with Crippen LogP contribution in [0.2, 0.25) is 0 Å². The predicted octanol–water partition coefficient (Wildman–Crippen LogP) is 3.94. The second-order valence-corrected chi connectivity index (χ2v) is 5.74. The van der Waals surface area contributed by atoms with Crippen molar-refractivity contribution >= 4 is 35.6 Å². The molecule has 0 saturated carbocycles. The minimum atomic E-state index is -0.0304. The van der Waals surface area contributed by atoms with Gasteiger partial charge in [0.25, 0.3) is 5.91 Å². The van der Waals surface area contributed by atoms with E-state index in [1.807, 2.05) is 63.2 Å². The van der Waals surface area contributed by atoms with Crippen molar-refractivity contribution in [2.75, 3.05) is 23.4 Å². The van der Waals surface area contributed by atoms with E-state index in [1.54, 1.807) is 4.90 Å². The zero-order chi connectivity index (χ0) is 17.1. The SMILES string of the molecule is CCOc1ccc(NC2=NCC(=O)N2c2cc(C)ccc2C)cc1.Cl. The number of guanidine groups is 1. The number of hydrogen-bond donors (Lipinski definition) is 1. The van der Waals surface area contributed by atoms with Crippen LogP contribution in [0.25, 0.3) is 0 Å². The van der Waals surface area contributed by atoms with Crippen molar-refractivity contribution in [2.24, 2.45) is 4.99 Å².